The van der Waals surface area contributed by atoms with Crippen LogP contribution in [0, 0.1) is 0 Å². The van der Waals surface area contributed by atoms with Crippen molar-refractivity contribution in [3.05, 3.63) is 77.5 Å². The first-order valence-electron chi connectivity index (χ1n) is 13.6. The topological polar surface area (TPSA) is 112 Å². The van der Waals surface area contributed by atoms with Crippen molar-refractivity contribution in [2.75, 3.05) is 57.7 Å². The highest BCUT2D eigenvalue weighted by Gasteiger charge is 2.24. The maximum absolute atomic E-state index is 13.5. The molecule has 12 heteroatoms. The third kappa shape index (κ3) is 5.24. The summed E-state index contributed by atoms with van der Waals surface area (Å²) in [5.74, 6) is 0.526. The number of nitrogens with zero attached hydrogens (tertiary/aromatic N) is 6. The quantitative estimate of drug-likeness (QED) is 0.255. The van der Waals surface area contributed by atoms with E-state index in [0.717, 1.165) is 44.4 Å². The van der Waals surface area contributed by atoms with E-state index in [1.807, 2.05) is 54.6 Å². The van der Waals surface area contributed by atoms with Crippen LogP contribution in [0.25, 0.3) is 38.8 Å². The number of pyridine rings is 2. The number of hydrogen-bond acceptors (Lipinski definition) is 8. The highest BCUT2D eigenvalue weighted by molar-refractivity contribution is 7.88. The van der Waals surface area contributed by atoms with Gasteiger partial charge in [-0.25, -0.2) is 18.2 Å². The minimum absolute atomic E-state index is 0.168. The van der Waals surface area contributed by atoms with Crippen LogP contribution < -0.4 is 15.3 Å². The molecule has 42 heavy (non-hydrogen) atoms. The van der Waals surface area contributed by atoms with E-state index in [-0.39, 0.29) is 5.69 Å². The van der Waals surface area contributed by atoms with E-state index in [2.05, 4.69) is 14.9 Å². The predicted octanol–water partition coefficient (Wildman–Crippen LogP) is 3.05. The number of fused-ring (bicyclic) bond motifs is 3. The molecule has 2 aromatic carbocycles. The summed E-state index contributed by atoms with van der Waals surface area (Å²) in [7, 11) is 0.180. The molecule has 0 N–H and O–H groups in total. The zero-order valence-corrected chi connectivity index (χ0v) is 24.5. The molecule has 0 atom stereocenters. The molecule has 4 heterocycles. The van der Waals surface area contributed by atoms with Gasteiger partial charge < -0.3 is 14.4 Å². The zero-order valence-electron chi connectivity index (χ0n) is 23.7. The molecule has 0 aliphatic carbocycles. The Morgan fingerprint density at radius 1 is 0.857 bits per heavy atom. The van der Waals surface area contributed by atoms with Gasteiger partial charge in [0, 0.05) is 69.2 Å². The Hall–Kier alpha value is -4.26. The fourth-order valence-electron chi connectivity index (χ4n) is 5.37. The van der Waals surface area contributed by atoms with Crippen molar-refractivity contribution in [3.8, 4) is 22.7 Å². The number of piperazine rings is 1. The lowest BCUT2D eigenvalue weighted by Gasteiger charge is -2.34. The molecule has 0 amide bonds. The highest BCUT2D eigenvalue weighted by atomic mass is 32.2. The Balaban J connectivity index is 1.35. The second-order valence-corrected chi connectivity index (χ2v) is 12.3. The summed E-state index contributed by atoms with van der Waals surface area (Å²) in [6, 6.07) is 17.6. The molecule has 1 aliphatic heterocycles. The zero-order chi connectivity index (χ0) is 29.4. The van der Waals surface area contributed by atoms with Crippen molar-refractivity contribution in [3.63, 3.8) is 0 Å². The number of aromatic nitrogens is 4. The summed E-state index contributed by atoms with van der Waals surface area (Å²) in [5, 5.41) is 0.851. The van der Waals surface area contributed by atoms with Crippen molar-refractivity contribution >= 4 is 37.6 Å². The monoisotopic (exact) mass is 588 g/mol. The minimum Gasteiger partial charge on any atom is -0.475 e. The number of methoxy groups -OCH3 is 1. The van der Waals surface area contributed by atoms with Crippen LogP contribution in [0.5, 0.6) is 5.88 Å². The van der Waals surface area contributed by atoms with E-state index in [1.165, 1.54) is 10.6 Å². The molecule has 0 radical (unpaired) electrons. The Labute approximate surface area is 243 Å². The second kappa shape index (κ2) is 11.2. The highest BCUT2D eigenvalue weighted by Crippen LogP contribution is 2.30. The molecule has 1 aliphatic rings. The smallest absolute Gasteiger partial charge is 0.333 e. The van der Waals surface area contributed by atoms with E-state index in [0.29, 0.717) is 45.3 Å². The normalized spacial score (nSPS) is 14.6. The van der Waals surface area contributed by atoms with Crippen LogP contribution in [0.4, 0.5) is 5.69 Å². The van der Waals surface area contributed by atoms with Gasteiger partial charge in [0.15, 0.2) is 0 Å². The third-order valence-corrected chi connectivity index (χ3v) is 8.97. The van der Waals surface area contributed by atoms with Gasteiger partial charge >= 0.3 is 5.69 Å². The number of ether oxygens (including phenoxy) is 2. The molecular weight excluding hydrogens is 556 g/mol. The molecule has 0 spiro atoms. The Kier molecular flexibility index (Phi) is 7.43. The van der Waals surface area contributed by atoms with E-state index in [1.54, 1.807) is 35.7 Å². The number of sulfonamides is 1. The number of rotatable bonds is 8. The van der Waals surface area contributed by atoms with Crippen LogP contribution in [0.15, 0.2) is 71.8 Å². The lowest BCUT2D eigenvalue weighted by Crippen LogP contribution is -2.48. The van der Waals surface area contributed by atoms with Crippen LogP contribution in [-0.4, -0.2) is 84.6 Å². The number of aryl methyl sites for hydroxylation is 1. The summed E-state index contributed by atoms with van der Waals surface area (Å²) < 4.78 is 39.2. The first kappa shape index (κ1) is 27.9. The molecule has 11 nitrogen and oxygen atoms in total. The Morgan fingerprint density at radius 3 is 2.24 bits per heavy atom. The second-order valence-electron chi connectivity index (χ2n) is 10.3. The Morgan fingerprint density at radius 2 is 1.57 bits per heavy atom. The molecule has 218 valence electrons. The lowest BCUT2D eigenvalue weighted by molar-refractivity contribution is 0.144. The minimum atomic E-state index is -3.19. The number of anilines is 1. The molecule has 0 bridgehead atoms. The first-order valence-corrected chi connectivity index (χ1v) is 15.5. The van der Waals surface area contributed by atoms with Crippen LogP contribution in [0.2, 0.25) is 0 Å². The summed E-state index contributed by atoms with van der Waals surface area (Å²) in [4.78, 5) is 24.8. The van der Waals surface area contributed by atoms with Gasteiger partial charge in [0.1, 0.15) is 6.61 Å². The predicted molar refractivity (Wildman–Crippen MR) is 163 cm³/mol. The van der Waals surface area contributed by atoms with E-state index < -0.39 is 10.0 Å². The van der Waals surface area contributed by atoms with Crippen molar-refractivity contribution in [1.29, 1.82) is 0 Å². The standard InChI is InChI=1S/C30H32N6O5S/c1-33-27-20-31-26-10-4-21(22-5-11-28(32-19-22)41-17-16-40-2)18-25(26)29(27)36(30(33)37)24-8-6-23(7-9-24)34-12-14-35(15-13-34)42(3,38)39/h4-11,18-20H,12-17H2,1-3H3. The fourth-order valence-corrected chi connectivity index (χ4v) is 6.20. The summed E-state index contributed by atoms with van der Waals surface area (Å²) >= 11 is 0. The Bertz CT molecular complexity index is 1910. The van der Waals surface area contributed by atoms with Gasteiger partial charge in [0.05, 0.1) is 41.3 Å². The summed E-state index contributed by atoms with van der Waals surface area (Å²) in [6.45, 7) is 3.02. The summed E-state index contributed by atoms with van der Waals surface area (Å²) in [6.07, 6.45) is 4.75. The molecule has 0 unspecified atom stereocenters. The molecule has 6 rings (SSSR count). The number of imidazole rings is 1. The molecule has 0 saturated carbocycles. The van der Waals surface area contributed by atoms with Crippen LogP contribution in [-0.2, 0) is 21.8 Å². The molecular formula is C30H32N6O5S. The third-order valence-electron chi connectivity index (χ3n) is 7.67. The van der Waals surface area contributed by atoms with Crippen LogP contribution in [0.1, 0.15) is 0 Å². The lowest BCUT2D eigenvalue weighted by atomic mass is 10.0. The van der Waals surface area contributed by atoms with Crippen molar-refractivity contribution < 1.29 is 17.9 Å². The van der Waals surface area contributed by atoms with Crippen molar-refractivity contribution in [1.82, 2.24) is 23.4 Å². The van der Waals surface area contributed by atoms with Gasteiger partial charge in [-0.15, -0.1) is 0 Å². The van der Waals surface area contributed by atoms with Gasteiger partial charge in [0.2, 0.25) is 15.9 Å². The largest absolute Gasteiger partial charge is 0.475 e. The van der Waals surface area contributed by atoms with Crippen LogP contribution >= 0.6 is 0 Å². The maximum Gasteiger partial charge on any atom is 0.333 e. The van der Waals surface area contributed by atoms with Gasteiger partial charge in [-0.05, 0) is 48.0 Å². The number of benzene rings is 2. The van der Waals surface area contributed by atoms with Crippen molar-refractivity contribution in [2.24, 2.45) is 7.05 Å². The average molecular weight is 589 g/mol. The van der Waals surface area contributed by atoms with Gasteiger partial charge in [-0.1, -0.05) is 6.07 Å². The van der Waals surface area contributed by atoms with Gasteiger partial charge in [0.25, 0.3) is 0 Å². The van der Waals surface area contributed by atoms with Crippen molar-refractivity contribution in [2.45, 2.75) is 0 Å². The molecule has 5 aromatic rings. The van der Waals surface area contributed by atoms with E-state index in [4.69, 9.17) is 9.47 Å². The van der Waals surface area contributed by atoms with E-state index >= 15 is 0 Å². The molecule has 1 fully saturated rings. The number of hydrogen-bond donors (Lipinski definition) is 0. The molecule has 3 aromatic heterocycles. The SMILES string of the molecule is COCCOc1ccc(-c2ccc3ncc4c(c3c2)n(-c2ccc(N3CCN(S(C)(=O)=O)CC3)cc2)c(=O)n4C)cn1. The van der Waals surface area contributed by atoms with E-state index in [9.17, 15) is 13.2 Å². The van der Waals surface area contributed by atoms with Gasteiger partial charge in [-0.3, -0.25) is 14.1 Å². The fraction of sp³-hybridized carbons (Fsp3) is 0.300. The van der Waals surface area contributed by atoms with Gasteiger partial charge in [-0.2, -0.15) is 4.31 Å². The molecule has 1 saturated heterocycles. The first-order chi connectivity index (χ1) is 20.2. The summed E-state index contributed by atoms with van der Waals surface area (Å²) in [5.41, 5.74) is 5.69. The van der Waals surface area contributed by atoms with Crippen LogP contribution in [0.3, 0.4) is 0 Å². The average Bonchev–Trinajstić information content (AvgIpc) is 3.27. The maximum atomic E-state index is 13.5.